The Morgan fingerprint density at radius 1 is 1.22 bits per heavy atom. The van der Waals surface area contributed by atoms with Crippen LogP contribution in [-0.4, -0.2) is 4.98 Å². The van der Waals surface area contributed by atoms with Crippen LogP contribution < -0.4 is 5.32 Å². The number of benzene rings is 1. The van der Waals surface area contributed by atoms with Gasteiger partial charge >= 0.3 is 0 Å². The lowest BCUT2D eigenvalue weighted by molar-refractivity contribution is 0.625. The molecule has 1 aromatic carbocycles. The molecular weight excluding hydrogens is 363 g/mol. The minimum absolute atomic E-state index is 0.245. The van der Waals surface area contributed by atoms with E-state index in [9.17, 15) is 4.39 Å². The van der Waals surface area contributed by atoms with Gasteiger partial charge in [0.2, 0.25) is 0 Å². The van der Waals surface area contributed by atoms with Crippen molar-refractivity contribution in [3.8, 4) is 0 Å². The predicted octanol–water partition coefficient (Wildman–Crippen LogP) is 4.67. The number of aryl methyl sites for hydroxylation is 1. The van der Waals surface area contributed by atoms with E-state index < -0.39 is 0 Å². The molecule has 0 unspecified atom stereocenters. The SMILES string of the molecule is Cc1cnc(NCc2cc(F)ccc2Br)c(Br)c1. The van der Waals surface area contributed by atoms with Crippen LogP contribution in [0.1, 0.15) is 11.1 Å². The van der Waals surface area contributed by atoms with Gasteiger partial charge in [0.15, 0.2) is 0 Å². The van der Waals surface area contributed by atoms with Gasteiger partial charge < -0.3 is 5.32 Å². The number of aromatic nitrogens is 1. The second-order valence-corrected chi connectivity index (χ2v) is 5.64. The summed E-state index contributed by atoms with van der Waals surface area (Å²) in [5, 5.41) is 3.17. The zero-order valence-corrected chi connectivity index (χ0v) is 12.8. The maximum Gasteiger partial charge on any atom is 0.140 e. The fraction of sp³-hybridized carbons (Fsp3) is 0.154. The molecule has 0 aliphatic rings. The maximum atomic E-state index is 13.1. The van der Waals surface area contributed by atoms with Crippen LogP contribution in [0, 0.1) is 12.7 Å². The van der Waals surface area contributed by atoms with Crippen molar-refractivity contribution in [2.45, 2.75) is 13.5 Å². The van der Waals surface area contributed by atoms with Gasteiger partial charge in [-0.1, -0.05) is 15.9 Å². The molecule has 2 aromatic rings. The van der Waals surface area contributed by atoms with Gasteiger partial charge in [-0.3, -0.25) is 0 Å². The molecule has 2 rings (SSSR count). The van der Waals surface area contributed by atoms with Gasteiger partial charge in [-0.25, -0.2) is 9.37 Å². The van der Waals surface area contributed by atoms with Gasteiger partial charge in [0, 0.05) is 17.2 Å². The lowest BCUT2D eigenvalue weighted by Crippen LogP contribution is -2.03. The Labute approximate surface area is 122 Å². The van der Waals surface area contributed by atoms with E-state index >= 15 is 0 Å². The molecule has 5 heteroatoms. The summed E-state index contributed by atoms with van der Waals surface area (Å²) in [6.45, 7) is 2.48. The van der Waals surface area contributed by atoms with Gasteiger partial charge in [0.1, 0.15) is 11.6 Å². The van der Waals surface area contributed by atoms with Gasteiger partial charge in [-0.15, -0.1) is 0 Å². The van der Waals surface area contributed by atoms with Crippen molar-refractivity contribution >= 4 is 37.7 Å². The average Bonchev–Trinajstić information content (AvgIpc) is 2.32. The van der Waals surface area contributed by atoms with Gasteiger partial charge in [-0.05, 0) is 58.2 Å². The molecule has 1 heterocycles. The van der Waals surface area contributed by atoms with Crippen molar-refractivity contribution in [1.82, 2.24) is 4.98 Å². The minimum atomic E-state index is -0.245. The number of hydrogen-bond donors (Lipinski definition) is 1. The number of pyridine rings is 1. The number of nitrogens with zero attached hydrogens (tertiary/aromatic N) is 1. The number of anilines is 1. The quantitative estimate of drug-likeness (QED) is 0.845. The summed E-state index contributed by atoms with van der Waals surface area (Å²) in [5.41, 5.74) is 1.93. The normalized spacial score (nSPS) is 10.4. The highest BCUT2D eigenvalue weighted by atomic mass is 79.9. The number of hydrogen-bond acceptors (Lipinski definition) is 2. The summed E-state index contributed by atoms with van der Waals surface area (Å²) in [7, 11) is 0. The van der Waals surface area contributed by atoms with E-state index in [0.29, 0.717) is 6.54 Å². The third-order valence-electron chi connectivity index (χ3n) is 2.43. The average molecular weight is 374 g/mol. The molecule has 0 saturated heterocycles. The molecule has 0 amide bonds. The standard InChI is InChI=1S/C13H11Br2FN2/c1-8-4-12(15)13(17-6-8)18-7-9-5-10(16)2-3-11(9)14/h2-6H,7H2,1H3,(H,17,18). The fourth-order valence-electron chi connectivity index (χ4n) is 1.52. The largest absolute Gasteiger partial charge is 0.365 e. The van der Waals surface area contributed by atoms with Crippen molar-refractivity contribution in [3.63, 3.8) is 0 Å². The van der Waals surface area contributed by atoms with Crippen molar-refractivity contribution in [2.75, 3.05) is 5.32 Å². The lowest BCUT2D eigenvalue weighted by atomic mass is 10.2. The van der Waals surface area contributed by atoms with Crippen LogP contribution in [0.15, 0.2) is 39.4 Å². The molecule has 0 bridgehead atoms. The van der Waals surface area contributed by atoms with Crippen LogP contribution >= 0.6 is 31.9 Å². The predicted molar refractivity (Wildman–Crippen MR) is 78.1 cm³/mol. The number of nitrogens with one attached hydrogen (secondary N) is 1. The van der Waals surface area contributed by atoms with Crippen LogP contribution in [0.25, 0.3) is 0 Å². The summed E-state index contributed by atoms with van der Waals surface area (Å²) in [6.07, 6.45) is 1.79. The zero-order valence-electron chi connectivity index (χ0n) is 9.67. The van der Waals surface area contributed by atoms with Crippen LogP contribution in [-0.2, 0) is 6.54 Å². The molecular formula is C13H11Br2FN2. The maximum absolute atomic E-state index is 13.1. The highest BCUT2D eigenvalue weighted by Gasteiger charge is 2.04. The van der Waals surface area contributed by atoms with Gasteiger partial charge in [-0.2, -0.15) is 0 Å². The fourth-order valence-corrected chi connectivity index (χ4v) is 2.51. The lowest BCUT2D eigenvalue weighted by Gasteiger charge is -2.09. The Balaban J connectivity index is 2.13. The first-order chi connectivity index (χ1) is 8.56. The van der Waals surface area contributed by atoms with Crippen LogP contribution in [0.5, 0.6) is 0 Å². The highest BCUT2D eigenvalue weighted by Crippen LogP contribution is 2.23. The highest BCUT2D eigenvalue weighted by molar-refractivity contribution is 9.10. The molecule has 0 radical (unpaired) electrons. The molecule has 18 heavy (non-hydrogen) atoms. The topological polar surface area (TPSA) is 24.9 Å². The zero-order chi connectivity index (χ0) is 13.1. The molecule has 1 aromatic heterocycles. The van der Waals surface area contributed by atoms with E-state index in [0.717, 1.165) is 25.9 Å². The Bertz CT molecular complexity index is 573. The Kier molecular flexibility index (Phi) is 4.35. The molecule has 2 nitrogen and oxygen atoms in total. The third kappa shape index (κ3) is 3.29. The first kappa shape index (κ1) is 13.5. The van der Waals surface area contributed by atoms with E-state index in [4.69, 9.17) is 0 Å². The monoisotopic (exact) mass is 372 g/mol. The van der Waals surface area contributed by atoms with E-state index in [1.165, 1.54) is 12.1 Å². The molecule has 1 N–H and O–H groups in total. The Morgan fingerprint density at radius 3 is 2.72 bits per heavy atom. The third-order valence-corrected chi connectivity index (χ3v) is 3.81. The number of rotatable bonds is 3. The van der Waals surface area contributed by atoms with Gasteiger partial charge in [0.25, 0.3) is 0 Å². The van der Waals surface area contributed by atoms with Crippen molar-refractivity contribution < 1.29 is 4.39 Å². The summed E-state index contributed by atoms with van der Waals surface area (Å²) in [5.74, 6) is 0.502. The molecule has 0 aliphatic heterocycles. The molecule has 0 fully saturated rings. The van der Waals surface area contributed by atoms with E-state index in [-0.39, 0.29) is 5.82 Å². The summed E-state index contributed by atoms with van der Waals surface area (Å²) >= 11 is 6.84. The minimum Gasteiger partial charge on any atom is -0.365 e. The first-order valence-corrected chi connectivity index (χ1v) is 6.95. The Morgan fingerprint density at radius 2 is 2.00 bits per heavy atom. The first-order valence-electron chi connectivity index (χ1n) is 5.36. The van der Waals surface area contributed by atoms with E-state index in [1.807, 2.05) is 13.0 Å². The smallest absolute Gasteiger partial charge is 0.140 e. The van der Waals surface area contributed by atoms with E-state index in [2.05, 4.69) is 42.2 Å². The van der Waals surface area contributed by atoms with Crippen molar-refractivity contribution in [3.05, 3.63) is 56.4 Å². The molecule has 0 saturated carbocycles. The van der Waals surface area contributed by atoms with Crippen LogP contribution in [0.2, 0.25) is 0 Å². The van der Waals surface area contributed by atoms with Crippen molar-refractivity contribution in [1.29, 1.82) is 0 Å². The second kappa shape index (κ2) is 5.80. The van der Waals surface area contributed by atoms with Crippen LogP contribution in [0.4, 0.5) is 10.2 Å². The summed E-state index contributed by atoms with van der Waals surface area (Å²) in [4.78, 5) is 4.28. The summed E-state index contributed by atoms with van der Waals surface area (Å²) in [6, 6.07) is 6.60. The molecule has 0 atom stereocenters. The molecule has 0 spiro atoms. The van der Waals surface area contributed by atoms with Gasteiger partial charge in [0.05, 0.1) is 4.47 Å². The molecule has 94 valence electrons. The number of halogens is 3. The van der Waals surface area contributed by atoms with Crippen LogP contribution in [0.3, 0.4) is 0 Å². The van der Waals surface area contributed by atoms with E-state index in [1.54, 1.807) is 12.3 Å². The Hall–Kier alpha value is -0.940. The van der Waals surface area contributed by atoms with Crippen molar-refractivity contribution in [2.24, 2.45) is 0 Å². The summed E-state index contributed by atoms with van der Waals surface area (Å²) < 4.78 is 14.9. The second-order valence-electron chi connectivity index (χ2n) is 3.93. The molecule has 0 aliphatic carbocycles.